The normalized spacial score (nSPS) is 17.6. The summed E-state index contributed by atoms with van der Waals surface area (Å²) < 4.78 is 0. The zero-order chi connectivity index (χ0) is 14.0. The molecular formula is C15H23N3O. The lowest BCUT2D eigenvalue weighted by molar-refractivity contribution is -0.121. The highest BCUT2D eigenvalue weighted by Crippen LogP contribution is 2.24. The minimum Gasteiger partial charge on any atom is -0.369 e. The molecule has 2 heterocycles. The fourth-order valence-electron chi connectivity index (χ4n) is 2.42. The summed E-state index contributed by atoms with van der Waals surface area (Å²) in [5.74, 6) is 1.43. The lowest BCUT2D eigenvalue weighted by Gasteiger charge is -2.32. The van der Waals surface area contributed by atoms with E-state index in [1.165, 1.54) is 0 Å². The first kappa shape index (κ1) is 14.0. The Balaban J connectivity index is 2.02. The summed E-state index contributed by atoms with van der Waals surface area (Å²) in [6.07, 6.45) is 5.69. The van der Waals surface area contributed by atoms with Crippen LogP contribution in [0, 0.1) is 5.92 Å². The number of aromatic nitrogens is 2. The Bertz CT molecular complexity index is 439. The van der Waals surface area contributed by atoms with Crippen molar-refractivity contribution < 1.29 is 4.79 Å². The summed E-state index contributed by atoms with van der Waals surface area (Å²) in [4.78, 5) is 22.5. The van der Waals surface area contributed by atoms with Crippen LogP contribution in [0.4, 0.5) is 5.69 Å². The molecule has 0 radical (unpaired) electrons. The summed E-state index contributed by atoms with van der Waals surface area (Å²) >= 11 is 0. The fraction of sp³-hybridized carbons (Fsp3) is 0.667. The number of carbonyl (C=O) groups excluding carboxylic acids is 1. The minimum atomic E-state index is -0.0137. The Morgan fingerprint density at radius 3 is 2.16 bits per heavy atom. The summed E-state index contributed by atoms with van der Waals surface area (Å²) in [5, 5.41) is 0. The van der Waals surface area contributed by atoms with E-state index in [1.807, 2.05) is 12.4 Å². The molecule has 0 atom stereocenters. The Labute approximate surface area is 115 Å². The highest BCUT2D eigenvalue weighted by molar-refractivity contribution is 5.78. The number of carbonyl (C=O) groups is 1. The first-order valence-electron chi connectivity index (χ1n) is 6.96. The number of nitrogens with zero attached hydrogens (tertiary/aromatic N) is 3. The zero-order valence-corrected chi connectivity index (χ0v) is 12.3. The van der Waals surface area contributed by atoms with Gasteiger partial charge in [0, 0.05) is 24.4 Å². The number of hydrogen-bond acceptors (Lipinski definition) is 4. The number of ketones is 1. The van der Waals surface area contributed by atoms with E-state index < -0.39 is 0 Å². The molecular weight excluding hydrogens is 238 g/mol. The molecule has 1 saturated heterocycles. The van der Waals surface area contributed by atoms with Crippen LogP contribution in [-0.4, -0.2) is 28.8 Å². The van der Waals surface area contributed by atoms with E-state index in [4.69, 9.17) is 0 Å². The van der Waals surface area contributed by atoms with Crippen LogP contribution in [0.3, 0.4) is 0 Å². The molecule has 4 nitrogen and oxygen atoms in total. The second-order valence-corrected chi connectivity index (χ2v) is 6.39. The van der Waals surface area contributed by atoms with E-state index in [0.29, 0.717) is 5.78 Å². The quantitative estimate of drug-likeness (QED) is 0.821. The molecule has 0 unspecified atom stereocenters. The van der Waals surface area contributed by atoms with Crippen molar-refractivity contribution in [1.82, 2.24) is 9.97 Å². The van der Waals surface area contributed by atoms with Crippen LogP contribution in [-0.2, 0) is 10.2 Å². The van der Waals surface area contributed by atoms with Gasteiger partial charge in [0.25, 0.3) is 0 Å². The average Bonchev–Trinajstić information content (AvgIpc) is 2.38. The van der Waals surface area contributed by atoms with Crippen molar-refractivity contribution >= 4 is 11.5 Å². The third kappa shape index (κ3) is 3.31. The predicted molar refractivity (Wildman–Crippen MR) is 76.4 cm³/mol. The molecule has 1 fully saturated rings. The Hall–Kier alpha value is -1.45. The summed E-state index contributed by atoms with van der Waals surface area (Å²) in [6.45, 7) is 9.87. The highest BCUT2D eigenvalue weighted by atomic mass is 16.1. The average molecular weight is 261 g/mol. The van der Waals surface area contributed by atoms with Crippen LogP contribution in [0.25, 0.3) is 0 Å². The van der Waals surface area contributed by atoms with Crippen molar-refractivity contribution in [2.75, 3.05) is 18.0 Å². The van der Waals surface area contributed by atoms with Gasteiger partial charge in [0.05, 0.1) is 18.1 Å². The van der Waals surface area contributed by atoms with E-state index in [0.717, 1.165) is 37.4 Å². The second-order valence-electron chi connectivity index (χ2n) is 6.39. The van der Waals surface area contributed by atoms with Crippen molar-refractivity contribution in [2.24, 2.45) is 5.92 Å². The molecule has 4 heteroatoms. The van der Waals surface area contributed by atoms with E-state index in [9.17, 15) is 4.79 Å². The standard InChI is InChI=1S/C15H23N3O/c1-11(19)12-5-7-18(8-6-12)13-9-16-14(17-10-13)15(2,3)4/h9-10,12H,5-8H2,1-4H3. The van der Waals surface area contributed by atoms with E-state index in [-0.39, 0.29) is 11.3 Å². The van der Waals surface area contributed by atoms with Crippen molar-refractivity contribution in [3.63, 3.8) is 0 Å². The minimum absolute atomic E-state index is 0.0137. The van der Waals surface area contributed by atoms with Gasteiger partial charge in [0.1, 0.15) is 11.6 Å². The molecule has 0 aliphatic carbocycles. The highest BCUT2D eigenvalue weighted by Gasteiger charge is 2.23. The van der Waals surface area contributed by atoms with Gasteiger partial charge in [0.15, 0.2) is 0 Å². The van der Waals surface area contributed by atoms with Gasteiger partial charge in [-0.15, -0.1) is 0 Å². The molecule has 1 aromatic heterocycles. The van der Waals surface area contributed by atoms with Gasteiger partial charge < -0.3 is 4.90 Å². The van der Waals surface area contributed by atoms with Crippen molar-refractivity contribution in [2.45, 2.75) is 46.0 Å². The Morgan fingerprint density at radius 2 is 1.74 bits per heavy atom. The molecule has 0 amide bonds. The number of rotatable bonds is 2. The maximum atomic E-state index is 11.4. The predicted octanol–water partition coefficient (Wildman–Crippen LogP) is 2.58. The van der Waals surface area contributed by atoms with Crippen LogP contribution >= 0.6 is 0 Å². The summed E-state index contributed by atoms with van der Waals surface area (Å²) in [7, 11) is 0. The van der Waals surface area contributed by atoms with E-state index in [1.54, 1.807) is 6.92 Å². The van der Waals surface area contributed by atoms with Crippen LogP contribution in [0.1, 0.15) is 46.4 Å². The van der Waals surface area contributed by atoms with Gasteiger partial charge in [-0.2, -0.15) is 0 Å². The lowest BCUT2D eigenvalue weighted by Crippen LogP contribution is -2.36. The van der Waals surface area contributed by atoms with Crippen molar-refractivity contribution in [3.8, 4) is 0 Å². The molecule has 19 heavy (non-hydrogen) atoms. The number of anilines is 1. The zero-order valence-electron chi connectivity index (χ0n) is 12.3. The molecule has 0 N–H and O–H groups in total. The summed E-state index contributed by atoms with van der Waals surface area (Å²) in [5.41, 5.74) is 1.05. The van der Waals surface area contributed by atoms with Gasteiger partial charge >= 0.3 is 0 Å². The Kier molecular flexibility index (Phi) is 3.88. The molecule has 2 rings (SSSR count). The molecule has 1 aromatic rings. The largest absolute Gasteiger partial charge is 0.369 e. The topological polar surface area (TPSA) is 46.1 Å². The van der Waals surface area contributed by atoms with Crippen molar-refractivity contribution in [1.29, 1.82) is 0 Å². The van der Waals surface area contributed by atoms with Crippen LogP contribution < -0.4 is 4.90 Å². The van der Waals surface area contributed by atoms with Gasteiger partial charge in [0.2, 0.25) is 0 Å². The fourth-order valence-corrected chi connectivity index (χ4v) is 2.42. The maximum absolute atomic E-state index is 11.4. The van der Waals surface area contributed by atoms with E-state index >= 15 is 0 Å². The van der Waals surface area contributed by atoms with Gasteiger partial charge in [-0.05, 0) is 19.8 Å². The first-order valence-corrected chi connectivity index (χ1v) is 6.96. The molecule has 0 saturated carbocycles. The lowest BCUT2D eigenvalue weighted by atomic mass is 9.93. The molecule has 0 bridgehead atoms. The van der Waals surface area contributed by atoms with Crippen LogP contribution in [0.2, 0.25) is 0 Å². The van der Waals surface area contributed by atoms with Gasteiger partial charge in [-0.3, -0.25) is 4.79 Å². The molecule has 0 spiro atoms. The number of hydrogen-bond donors (Lipinski definition) is 0. The number of Topliss-reactive ketones (excluding diaryl/α,β-unsaturated/α-hetero) is 1. The Morgan fingerprint density at radius 1 is 1.21 bits per heavy atom. The van der Waals surface area contributed by atoms with Gasteiger partial charge in [-0.1, -0.05) is 20.8 Å². The third-order valence-electron chi connectivity index (χ3n) is 3.74. The monoisotopic (exact) mass is 261 g/mol. The number of piperidine rings is 1. The van der Waals surface area contributed by atoms with Gasteiger partial charge in [-0.25, -0.2) is 9.97 Å². The smallest absolute Gasteiger partial charge is 0.133 e. The SMILES string of the molecule is CC(=O)C1CCN(c2cnc(C(C)(C)C)nc2)CC1. The molecule has 1 aliphatic heterocycles. The maximum Gasteiger partial charge on any atom is 0.133 e. The second kappa shape index (κ2) is 5.27. The first-order chi connectivity index (χ1) is 8.88. The summed E-state index contributed by atoms with van der Waals surface area (Å²) in [6, 6.07) is 0. The van der Waals surface area contributed by atoms with Crippen LogP contribution in [0.5, 0.6) is 0 Å². The van der Waals surface area contributed by atoms with E-state index in [2.05, 4.69) is 35.6 Å². The molecule has 0 aromatic carbocycles. The van der Waals surface area contributed by atoms with Crippen molar-refractivity contribution in [3.05, 3.63) is 18.2 Å². The molecule has 1 aliphatic rings. The molecule has 104 valence electrons. The third-order valence-corrected chi connectivity index (χ3v) is 3.74. The van der Waals surface area contributed by atoms with Crippen LogP contribution in [0.15, 0.2) is 12.4 Å².